The number of allylic oxidation sites excluding steroid dienone is 1. The number of Topliss-reactive ketones (excluding diaryl/α,β-unsaturated/α-hetero) is 1. The van der Waals surface area contributed by atoms with Crippen LogP contribution < -0.4 is 0 Å². The Kier molecular flexibility index (Phi) is 3.84. The maximum atomic E-state index is 13.3. The molecule has 0 unspecified atom stereocenters. The maximum absolute atomic E-state index is 13.3. The molecule has 0 amide bonds. The van der Waals surface area contributed by atoms with Gasteiger partial charge in [-0.1, -0.05) is 29.8 Å². The molecule has 1 aromatic carbocycles. The summed E-state index contributed by atoms with van der Waals surface area (Å²) in [5, 5.41) is 0.0499. The zero-order chi connectivity index (χ0) is 10.6. The molecule has 0 atom stereocenters. The summed E-state index contributed by atoms with van der Waals surface area (Å²) in [6.45, 7) is 3.44. The van der Waals surface area contributed by atoms with E-state index in [-0.39, 0.29) is 23.6 Å². The molecule has 0 heterocycles. The van der Waals surface area contributed by atoms with E-state index in [1.54, 1.807) is 12.1 Å². The lowest BCUT2D eigenvalue weighted by molar-refractivity contribution is -0.117. The lowest BCUT2D eigenvalue weighted by Gasteiger charge is -2.02. The van der Waals surface area contributed by atoms with Crippen molar-refractivity contribution >= 4 is 17.4 Å². The number of benzene rings is 1. The molecule has 1 rings (SSSR count). The van der Waals surface area contributed by atoms with Gasteiger partial charge in [-0.3, -0.25) is 4.79 Å². The molecule has 74 valence electrons. The summed E-state index contributed by atoms with van der Waals surface area (Å²) in [7, 11) is 0. The zero-order valence-electron chi connectivity index (χ0n) is 7.59. The second kappa shape index (κ2) is 4.91. The third-order valence-electron chi connectivity index (χ3n) is 1.79. The minimum absolute atomic E-state index is 0.0499. The lowest BCUT2D eigenvalue weighted by Crippen LogP contribution is -2.03. The fraction of sp³-hybridized carbons (Fsp3) is 0.182. The summed E-state index contributed by atoms with van der Waals surface area (Å²) in [5.41, 5.74) is 0.337. The SMILES string of the molecule is C=CCC(=O)Cc1cccc(Cl)c1F. The minimum Gasteiger partial charge on any atom is -0.299 e. The van der Waals surface area contributed by atoms with Gasteiger partial charge in [0.2, 0.25) is 0 Å². The summed E-state index contributed by atoms with van der Waals surface area (Å²) >= 11 is 5.57. The third-order valence-corrected chi connectivity index (χ3v) is 2.08. The monoisotopic (exact) mass is 212 g/mol. The average Bonchev–Trinajstić information content (AvgIpc) is 2.13. The van der Waals surface area contributed by atoms with E-state index in [0.717, 1.165) is 0 Å². The Morgan fingerprint density at radius 2 is 2.29 bits per heavy atom. The molecule has 0 spiro atoms. The van der Waals surface area contributed by atoms with Crippen molar-refractivity contribution in [2.75, 3.05) is 0 Å². The second-order valence-electron chi connectivity index (χ2n) is 2.92. The summed E-state index contributed by atoms with van der Waals surface area (Å²) < 4.78 is 13.3. The predicted molar refractivity (Wildman–Crippen MR) is 54.9 cm³/mol. The number of hydrogen-bond donors (Lipinski definition) is 0. The molecular formula is C11H10ClFO. The van der Waals surface area contributed by atoms with Gasteiger partial charge in [0.05, 0.1) is 5.02 Å². The summed E-state index contributed by atoms with van der Waals surface area (Å²) in [6, 6.07) is 4.64. The van der Waals surface area contributed by atoms with Crippen LogP contribution in [0.2, 0.25) is 5.02 Å². The van der Waals surface area contributed by atoms with Gasteiger partial charge in [-0.25, -0.2) is 4.39 Å². The molecule has 0 aliphatic rings. The summed E-state index contributed by atoms with van der Waals surface area (Å²) in [5.74, 6) is -0.576. The highest BCUT2D eigenvalue weighted by Gasteiger charge is 2.09. The molecule has 0 fully saturated rings. The van der Waals surface area contributed by atoms with Crippen molar-refractivity contribution in [3.63, 3.8) is 0 Å². The first-order valence-corrected chi connectivity index (χ1v) is 4.58. The Morgan fingerprint density at radius 1 is 1.57 bits per heavy atom. The fourth-order valence-corrected chi connectivity index (χ4v) is 1.32. The highest BCUT2D eigenvalue weighted by Crippen LogP contribution is 2.18. The molecule has 0 radical (unpaired) electrons. The molecule has 0 N–H and O–H groups in total. The normalized spacial score (nSPS) is 9.86. The van der Waals surface area contributed by atoms with Crippen LogP contribution in [0.25, 0.3) is 0 Å². The van der Waals surface area contributed by atoms with Gasteiger partial charge in [0, 0.05) is 12.8 Å². The first-order chi connectivity index (χ1) is 6.65. The quantitative estimate of drug-likeness (QED) is 0.701. The van der Waals surface area contributed by atoms with Crippen LogP contribution in [0.1, 0.15) is 12.0 Å². The highest BCUT2D eigenvalue weighted by atomic mass is 35.5. The van der Waals surface area contributed by atoms with Crippen molar-refractivity contribution in [2.45, 2.75) is 12.8 Å². The number of halogens is 2. The van der Waals surface area contributed by atoms with Crippen LogP contribution in [0.5, 0.6) is 0 Å². The van der Waals surface area contributed by atoms with Crippen molar-refractivity contribution in [3.8, 4) is 0 Å². The van der Waals surface area contributed by atoms with E-state index in [9.17, 15) is 9.18 Å². The van der Waals surface area contributed by atoms with Crippen LogP contribution in [-0.2, 0) is 11.2 Å². The molecule has 1 nitrogen and oxygen atoms in total. The molecule has 0 saturated heterocycles. The van der Waals surface area contributed by atoms with Crippen molar-refractivity contribution in [1.29, 1.82) is 0 Å². The number of carbonyl (C=O) groups is 1. The Balaban J connectivity index is 2.81. The predicted octanol–water partition coefficient (Wildman–Crippen LogP) is 3.17. The van der Waals surface area contributed by atoms with Crippen LogP contribution >= 0.6 is 11.6 Å². The van der Waals surface area contributed by atoms with Gasteiger partial charge in [-0.05, 0) is 11.6 Å². The van der Waals surface area contributed by atoms with E-state index in [1.807, 2.05) is 0 Å². The van der Waals surface area contributed by atoms with Gasteiger partial charge in [-0.15, -0.1) is 6.58 Å². The second-order valence-corrected chi connectivity index (χ2v) is 3.33. The van der Waals surface area contributed by atoms with E-state index in [0.29, 0.717) is 5.56 Å². The van der Waals surface area contributed by atoms with Crippen LogP contribution in [0.4, 0.5) is 4.39 Å². The van der Waals surface area contributed by atoms with Gasteiger partial charge >= 0.3 is 0 Å². The minimum atomic E-state index is -0.508. The van der Waals surface area contributed by atoms with Gasteiger partial charge in [0.25, 0.3) is 0 Å². The van der Waals surface area contributed by atoms with Crippen molar-refractivity contribution in [3.05, 3.63) is 47.3 Å². The van der Waals surface area contributed by atoms with Gasteiger partial charge in [-0.2, -0.15) is 0 Å². The number of hydrogen-bond acceptors (Lipinski definition) is 1. The molecule has 0 saturated carbocycles. The maximum Gasteiger partial charge on any atom is 0.145 e. The van der Waals surface area contributed by atoms with Crippen molar-refractivity contribution in [2.24, 2.45) is 0 Å². The molecule has 0 bridgehead atoms. The molecule has 14 heavy (non-hydrogen) atoms. The van der Waals surface area contributed by atoms with Crippen LogP contribution in [0.3, 0.4) is 0 Å². The third kappa shape index (κ3) is 2.67. The standard InChI is InChI=1S/C11H10ClFO/c1-2-4-9(14)7-8-5-3-6-10(12)11(8)13/h2-3,5-6H,1,4,7H2. The molecule has 3 heteroatoms. The largest absolute Gasteiger partial charge is 0.299 e. The van der Waals surface area contributed by atoms with E-state index in [4.69, 9.17) is 11.6 Å². The van der Waals surface area contributed by atoms with Gasteiger partial charge in [0.1, 0.15) is 11.6 Å². The van der Waals surface area contributed by atoms with Gasteiger partial charge < -0.3 is 0 Å². The summed E-state index contributed by atoms with van der Waals surface area (Å²) in [4.78, 5) is 11.2. The van der Waals surface area contributed by atoms with Crippen molar-refractivity contribution in [1.82, 2.24) is 0 Å². The average molecular weight is 213 g/mol. The van der Waals surface area contributed by atoms with E-state index in [1.165, 1.54) is 12.1 Å². The molecule has 0 aliphatic heterocycles. The molecule has 0 aliphatic carbocycles. The van der Waals surface area contributed by atoms with Gasteiger partial charge in [0.15, 0.2) is 0 Å². The van der Waals surface area contributed by atoms with Crippen LogP contribution in [0, 0.1) is 5.82 Å². The number of ketones is 1. The smallest absolute Gasteiger partial charge is 0.145 e. The first kappa shape index (κ1) is 10.9. The first-order valence-electron chi connectivity index (χ1n) is 4.20. The van der Waals surface area contributed by atoms with E-state index >= 15 is 0 Å². The van der Waals surface area contributed by atoms with Crippen LogP contribution in [-0.4, -0.2) is 5.78 Å². The summed E-state index contributed by atoms with van der Waals surface area (Å²) in [6.07, 6.45) is 1.83. The Bertz CT molecular complexity index is 360. The topological polar surface area (TPSA) is 17.1 Å². The Labute approximate surface area is 87.2 Å². The fourth-order valence-electron chi connectivity index (χ4n) is 1.13. The Morgan fingerprint density at radius 3 is 2.93 bits per heavy atom. The molecular weight excluding hydrogens is 203 g/mol. The molecule has 1 aromatic rings. The number of rotatable bonds is 4. The Hall–Kier alpha value is -1.15. The highest BCUT2D eigenvalue weighted by molar-refractivity contribution is 6.30. The van der Waals surface area contributed by atoms with E-state index in [2.05, 4.69) is 6.58 Å². The van der Waals surface area contributed by atoms with Crippen LogP contribution in [0.15, 0.2) is 30.9 Å². The zero-order valence-corrected chi connectivity index (χ0v) is 8.35. The van der Waals surface area contributed by atoms with Crippen molar-refractivity contribution < 1.29 is 9.18 Å². The van der Waals surface area contributed by atoms with E-state index < -0.39 is 5.82 Å². The lowest BCUT2D eigenvalue weighted by atomic mass is 10.1. The number of carbonyl (C=O) groups excluding carboxylic acids is 1. The molecule has 0 aromatic heterocycles.